The van der Waals surface area contributed by atoms with Crippen LogP contribution in [0.4, 0.5) is 0 Å². The highest BCUT2D eigenvalue weighted by Gasteiger charge is 2.19. The molecule has 2 aromatic rings. The van der Waals surface area contributed by atoms with Crippen LogP contribution in [0.3, 0.4) is 0 Å². The molecule has 1 aromatic carbocycles. The van der Waals surface area contributed by atoms with Crippen LogP contribution >= 0.6 is 23.4 Å². The minimum Gasteiger partial charge on any atom is -0.352 e. The Morgan fingerprint density at radius 2 is 2.36 bits per heavy atom. The van der Waals surface area contributed by atoms with Gasteiger partial charge in [0.15, 0.2) is 5.82 Å². The lowest BCUT2D eigenvalue weighted by Crippen LogP contribution is -2.31. The van der Waals surface area contributed by atoms with Crippen LogP contribution in [0.2, 0.25) is 5.02 Å². The molecule has 1 atom stereocenters. The number of nitrogens with zero attached hydrogens (tertiary/aromatic N) is 3. The number of nitrogen functional groups attached to an aromatic ring is 1. The number of hydrogen-bond acceptors (Lipinski definition) is 5. The summed E-state index contributed by atoms with van der Waals surface area (Å²) < 4.78 is 1.35. The van der Waals surface area contributed by atoms with Crippen molar-refractivity contribution in [1.29, 1.82) is 0 Å². The molecule has 0 aliphatic heterocycles. The van der Waals surface area contributed by atoms with Crippen LogP contribution in [-0.4, -0.2) is 32.6 Å². The van der Waals surface area contributed by atoms with Crippen molar-refractivity contribution in [3.8, 4) is 11.4 Å². The number of aromatic nitrogens is 3. The van der Waals surface area contributed by atoms with E-state index in [1.807, 2.05) is 12.1 Å². The number of nitrogens with two attached hydrogens (primary N) is 1. The third-order valence-corrected chi connectivity index (χ3v) is 4.11. The minimum atomic E-state index is -0.348. The number of thioether (sulfide) groups is 1. The van der Waals surface area contributed by atoms with Gasteiger partial charge in [0, 0.05) is 17.1 Å². The van der Waals surface area contributed by atoms with Crippen molar-refractivity contribution in [3.63, 3.8) is 0 Å². The lowest BCUT2D eigenvalue weighted by Gasteiger charge is -2.10. The highest BCUT2D eigenvalue weighted by molar-refractivity contribution is 8.00. The largest absolute Gasteiger partial charge is 0.352 e. The Labute approximate surface area is 137 Å². The summed E-state index contributed by atoms with van der Waals surface area (Å²) in [7, 11) is 0. The topological polar surface area (TPSA) is 85.8 Å². The van der Waals surface area contributed by atoms with E-state index < -0.39 is 0 Å². The quantitative estimate of drug-likeness (QED) is 0.479. The van der Waals surface area contributed by atoms with Crippen LogP contribution < -0.4 is 11.2 Å². The summed E-state index contributed by atoms with van der Waals surface area (Å²) in [5.74, 6) is 6.39. The van der Waals surface area contributed by atoms with Gasteiger partial charge in [-0.25, -0.2) is 4.68 Å². The zero-order valence-electron chi connectivity index (χ0n) is 12.0. The molecule has 0 aliphatic rings. The fourth-order valence-corrected chi connectivity index (χ4v) is 2.69. The molecule has 1 aromatic heterocycles. The van der Waals surface area contributed by atoms with Crippen LogP contribution in [0.25, 0.3) is 11.4 Å². The smallest absolute Gasteiger partial charge is 0.233 e. The number of halogens is 1. The zero-order chi connectivity index (χ0) is 16.1. The molecule has 2 rings (SSSR count). The number of hydrogen-bond donors (Lipinski definition) is 2. The molecule has 22 heavy (non-hydrogen) atoms. The lowest BCUT2D eigenvalue weighted by molar-refractivity contribution is -0.120. The predicted octanol–water partition coefficient (Wildman–Crippen LogP) is 2.10. The minimum absolute atomic E-state index is 0.114. The molecular formula is C14H16ClN5OS. The molecule has 6 nitrogen and oxygen atoms in total. The van der Waals surface area contributed by atoms with Crippen LogP contribution in [0.5, 0.6) is 0 Å². The second-order valence-electron chi connectivity index (χ2n) is 4.48. The molecule has 116 valence electrons. The maximum absolute atomic E-state index is 11.8. The Hall–Kier alpha value is -1.99. The summed E-state index contributed by atoms with van der Waals surface area (Å²) in [6, 6.07) is 7.17. The monoisotopic (exact) mass is 337 g/mol. The summed E-state index contributed by atoms with van der Waals surface area (Å²) in [5.41, 5.74) is 0.762. The van der Waals surface area contributed by atoms with Crippen molar-refractivity contribution < 1.29 is 4.79 Å². The third-order valence-electron chi connectivity index (χ3n) is 2.82. The van der Waals surface area contributed by atoms with E-state index in [0.29, 0.717) is 22.5 Å². The van der Waals surface area contributed by atoms with Crippen molar-refractivity contribution in [2.24, 2.45) is 0 Å². The molecule has 0 saturated carbocycles. The summed E-state index contributed by atoms with van der Waals surface area (Å²) in [5, 5.41) is 11.5. The van der Waals surface area contributed by atoms with Crippen LogP contribution in [-0.2, 0) is 4.79 Å². The van der Waals surface area contributed by atoms with E-state index >= 15 is 0 Å². The lowest BCUT2D eigenvalue weighted by atomic mass is 10.2. The van der Waals surface area contributed by atoms with Crippen molar-refractivity contribution in [3.05, 3.63) is 41.9 Å². The molecule has 0 spiro atoms. The first kappa shape index (κ1) is 16.4. The number of benzene rings is 1. The summed E-state index contributed by atoms with van der Waals surface area (Å²) >= 11 is 7.20. The van der Waals surface area contributed by atoms with Gasteiger partial charge in [-0.15, -0.1) is 16.8 Å². The fourth-order valence-electron chi connectivity index (χ4n) is 1.71. The normalized spacial score (nSPS) is 11.9. The zero-order valence-corrected chi connectivity index (χ0v) is 13.6. The van der Waals surface area contributed by atoms with E-state index in [0.717, 1.165) is 5.56 Å². The predicted molar refractivity (Wildman–Crippen MR) is 89.1 cm³/mol. The molecule has 8 heteroatoms. The molecular weight excluding hydrogens is 322 g/mol. The van der Waals surface area contributed by atoms with E-state index in [1.165, 1.54) is 16.4 Å². The first-order valence-electron chi connectivity index (χ1n) is 6.54. The molecule has 0 saturated heterocycles. The van der Waals surface area contributed by atoms with Gasteiger partial charge in [0.05, 0.1) is 5.25 Å². The van der Waals surface area contributed by atoms with Crippen molar-refractivity contribution in [2.45, 2.75) is 17.3 Å². The van der Waals surface area contributed by atoms with Crippen LogP contribution in [0.1, 0.15) is 6.92 Å². The number of carbonyl (C=O) groups is 1. The van der Waals surface area contributed by atoms with E-state index in [2.05, 4.69) is 22.1 Å². The molecule has 0 aliphatic carbocycles. The van der Waals surface area contributed by atoms with Gasteiger partial charge in [0.1, 0.15) is 0 Å². The number of amides is 1. The second-order valence-corrected chi connectivity index (χ2v) is 6.22. The molecule has 0 fully saturated rings. The average molecular weight is 338 g/mol. The van der Waals surface area contributed by atoms with Crippen LogP contribution in [0.15, 0.2) is 42.1 Å². The van der Waals surface area contributed by atoms with Gasteiger partial charge in [0.2, 0.25) is 11.1 Å². The van der Waals surface area contributed by atoms with Gasteiger partial charge in [0.25, 0.3) is 0 Å². The molecule has 0 bridgehead atoms. The molecule has 1 heterocycles. The summed E-state index contributed by atoms with van der Waals surface area (Å²) in [4.78, 5) is 11.8. The first-order chi connectivity index (χ1) is 10.5. The fraction of sp³-hybridized carbons (Fsp3) is 0.214. The van der Waals surface area contributed by atoms with Gasteiger partial charge in [-0.1, -0.05) is 41.6 Å². The maximum Gasteiger partial charge on any atom is 0.233 e. The molecule has 0 radical (unpaired) electrons. The van der Waals surface area contributed by atoms with Crippen molar-refractivity contribution >= 4 is 29.3 Å². The Morgan fingerprint density at radius 1 is 1.59 bits per heavy atom. The number of rotatable bonds is 6. The number of nitrogens with one attached hydrogen (secondary N) is 1. The first-order valence-corrected chi connectivity index (χ1v) is 7.80. The van der Waals surface area contributed by atoms with Gasteiger partial charge in [-0.2, -0.15) is 0 Å². The van der Waals surface area contributed by atoms with E-state index in [9.17, 15) is 4.79 Å². The van der Waals surface area contributed by atoms with Crippen LogP contribution in [0, 0.1) is 0 Å². The number of carbonyl (C=O) groups excluding carboxylic acids is 1. The van der Waals surface area contributed by atoms with Crippen molar-refractivity contribution in [2.75, 3.05) is 12.4 Å². The maximum atomic E-state index is 11.8. The Kier molecular flexibility index (Phi) is 5.46. The molecule has 3 N–H and O–H groups in total. The SMILES string of the molecule is C=CCNC(=O)[C@@H](C)Sc1nnc(-c2cccc(Cl)c2)n1N. The standard InChI is InChI=1S/C14H16ClN5OS/c1-3-7-17-13(21)9(2)22-14-19-18-12(20(14)16)10-5-4-6-11(15)8-10/h3-6,8-9H,1,7,16H2,2H3,(H,17,21)/t9-/m1/s1. The van der Waals surface area contributed by atoms with Gasteiger partial charge in [-0.3, -0.25) is 4.79 Å². The Bertz CT molecular complexity index is 688. The third kappa shape index (κ3) is 3.80. The highest BCUT2D eigenvalue weighted by atomic mass is 35.5. The van der Waals surface area contributed by atoms with E-state index in [1.54, 1.807) is 25.1 Å². The van der Waals surface area contributed by atoms with E-state index in [4.69, 9.17) is 17.4 Å². The Balaban J connectivity index is 2.14. The summed E-state index contributed by atoms with van der Waals surface area (Å²) in [6.07, 6.45) is 1.62. The second kappa shape index (κ2) is 7.33. The highest BCUT2D eigenvalue weighted by Crippen LogP contribution is 2.26. The van der Waals surface area contributed by atoms with Gasteiger partial charge >= 0.3 is 0 Å². The van der Waals surface area contributed by atoms with Gasteiger partial charge in [-0.05, 0) is 19.1 Å². The Morgan fingerprint density at radius 3 is 3.05 bits per heavy atom. The van der Waals surface area contributed by atoms with E-state index in [-0.39, 0.29) is 11.2 Å². The van der Waals surface area contributed by atoms with Crippen molar-refractivity contribution in [1.82, 2.24) is 20.2 Å². The summed E-state index contributed by atoms with van der Waals surface area (Å²) in [6.45, 7) is 5.75. The van der Waals surface area contributed by atoms with Gasteiger partial charge < -0.3 is 11.2 Å². The molecule has 0 unspecified atom stereocenters. The average Bonchev–Trinajstić information content (AvgIpc) is 2.86. The molecule has 1 amide bonds.